The Morgan fingerprint density at radius 1 is 1.19 bits per heavy atom. The number of anilines is 1. The van der Waals surface area contributed by atoms with E-state index in [0.29, 0.717) is 0 Å². The van der Waals surface area contributed by atoms with Crippen LogP contribution in [0.1, 0.15) is 32.3 Å². The first-order valence-corrected chi connectivity index (χ1v) is 6.19. The van der Waals surface area contributed by atoms with Gasteiger partial charge in [-0.1, -0.05) is 44.9 Å². The number of nitrogens with zero attached hydrogens (tertiary/aromatic N) is 1. The summed E-state index contributed by atoms with van der Waals surface area (Å²) in [6.07, 6.45) is 2.51. The van der Waals surface area contributed by atoms with E-state index in [9.17, 15) is 0 Å². The van der Waals surface area contributed by atoms with Crippen LogP contribution in [0.15, 0.2) is 24.3 Å². The normalized spacial score (nSPS) is 11.3. The number of benzene rings is 1. The van der Waals surface area contributed by atoms with Crippen LogP contribution in [0.3, 0.4) is 0 Å². The lowest BCUT2D eigenvalue weighted by molar-refractivity contribution is 0.260. The van der Waals surface area contributed by atoms with Crippen LogP contribution < -0.4 is 5.73 Å². The van der Waals surface area contributed by atoms with Crippen LogP contribution >= 0.6 is 0 Å². The molecule has 0 unspecified atom stereocenters. The number of rotatable bonds is 6. The van der Waals surface area contributed by atoms with Crippen molar-refractivity contribution in [2.45, 2.75) is 33.2 Å². The fourth-order valence-electron chi connectivity index (χ4n) is 2.02. The van der Waals surface area contributed by atoms with Crippen molar-refractivity contribution in [2.24, 2.45) is 5.92 Å². The van der Waals surface area contributed by atoms with Gasteiger partial charge in [0.1, 0.15) is 0 Å². The van der Waals surface area contributed by atoms with E-state index in [1.54, 1.807) is 0 Å². The molecule has 1 rings (SSSR count). The van der Waals surface area contributed by atoms with Gasteiger partial charge in [0.2, 0.25) is 0 Å². The Balaban J connectivity index is 2.51. The summed E-state index contributed by atoms with van der Waals surface area (Å²) < 4.78 is 0. The van der Waals surface area contributed by atoms with Crippen LogP contribution in [-0.2, 0) is 6.54 Å². The largest absolute Gasteiger partial charge is 0.398 e. The van der Waals surface area contributed by atoms with Crippen LogP contribution in [0.4, 0.5) is 5.69 Å². The van der Waals surface area contributed by atoms with Gasteiger partial charge in [0.25, 0.3) is 0 Å². The standard InChI is InChI=1S/C14H24N2/c1-4-12(5-2)10-16(3)11-13-8-6-7-9-14(13)15/h6-9,12H,4-5,10-11,15H2,1-3H3. The Morgan fingerprint density at radius 2 is 1.81 bits per heavy atom. The Morgan fingerprint density at radius 3 is 2.38 bits per heavy atom. The summed E-state index contributed by atoms with van der Waals surface area (Å²) in [6, 6.07) is 8.12. The van der Waals surface area contributed by atoms with E-state index in [1.807, 2.05) is 12.1 Å². The molecule has 0 atom stereocenters. The maximum atomic E-state index is 5.94. The number of nitrogens with two attached hydrogens (primary N) is 1. The lowest BCUT2D eigenvalue weighted by Crippen LogP contribution is -2.25. The van der Waals surface area contributed by atoms with Crippen LogP contribution in [0.2, 0.25) is 0 Å². The molecule has 0 aliphatic heterocycles. The third-order valence-corrected chi connectivity index (χ3v) is 3.22. The molecule has 0 aliphatic carbocycles. The fraction of sp³-hybridized carbons (Fsp3) is 0.571. The molecule has 0 amide bonds. The van der Waals surface area contributed by atoms with Gasteiger partial charge in [0.05, 0.1) is 0 Å². The molecule has 0 bridgehead atoms. The highest BCUT2D eigenvalue weighted by Gasteiger charge is 2.08. The maximum Gasteiger partial charge on any atom is 0.0359 e. The third-order valence-electron chi connectivity index (χ3n) is 3.22. The van der Waals surface area contributed by atoms with Crippen molar-refractivity contribution in [1.82, 2.24) is 4.90 Å². The van der Waals surface area contributed by atoms with Crippen LogP contribution in [0.5, 0.6) is 0 Å². The SMILES string of the molecule is CCC(CC)CN(C)Cc1ccccc1N. The number of hydrogen-bond donors (Lipinski definition) is 1. The highest BCUT2D eigenvalue weighted by atomic mass is 15.1. The summed E-state index contributed by atoms with van der Waals surface area (Å²) in [5.41, 5.74) is 8.07. The van der Waals surface area contributed by atoms with Gasteiger partial charge < -0.3 is 10.6 Å². The Bertz CT molecular complexity index is 305. The van der Waals surface area contributed by atoms with Crippen molar-refractivity contribution in [3.05, 3.63) is 29.8 Å². The van der Waals surface area contributed by atoms with Gasteiger partial charge in [-0.15, -0.1) is 0 Å². The summed E-state index contributed by atoms with van der Waals surface area (Å²) in [5.74, 6) is 0.801. The smallest absolute Gasteiger partial charge is 0.0359 e. The summed E-state index contributed by atoms with van der Waals surface area (Å²) in [6.45, 7) is 6.63. The molecule has 0 aliphatic rings. The second kappa shape index (κ2) is 6.54. The fourth-order valence-corrected chi connectivity index (χ4v) is 2.02. The molecule has 0 radical (unpaired) electrons. The maximum absolute atomic E-state index is 5.94. The van der Waals surface area contributed by atoms with Gasteiger partial charge in [-0.25, -0.2) is 0 Å². The van der Waals surface area contributed by atoms with E-state index >= 15 is 0 Å². The molecule has 0 heterocycles. The summed E-state index contributed by atoms with van der Waals surface area (Å²) >= 11 is 0. The summed E-state index contributed by atoms with van der Waals surface area (Å²) in [7, 11) is 2.17. The van der Waals surface area contributed by atoms with E-state index in [1.165, 1.54) is 18.4 Å². The number of para-hydroxylation sites is 1. The lowest BCUT2D eigenvalue weighted by atomic mass is 10.0. The molecule has 0 fully saturated rings. The van der Waals surface area contributed by atoms with Gasteiger partial charge in [0, 0.05) is 18.8 Å². The third kappa shape index (κ3) is 3.86. The van der Waals surface area contributed by atoms with E-state index in [2.05, 4.69) is 37.9 Å². The topological polar surface area (TPSA) is 29.3 Å². The highest BCUT2D eigenvalue weighted by Crippen LogP contribution is 2.15. The number of hydrogen-bond acceptors (Lipinski definition) is 2. The van der Waals surface area contributed by atoms with Gasteiger partial charge in [0.15, 0.2) is 0 Å². The molecule has 1 aromatic carbocycles. The predicted molar refractivity (Wildman–Crippen MR) is 71.3 cm³/mol. The molecule has 1 aromatic rings. The van der Waals surface area contributed by atoms with E-state index in [-0.39, 0.29) is 0 Å². The molecular weight excluding hydrogens is 196 g/mol. The van der Waals surface area contributed by atoms with Crippen molar-refractivity contribution < 1.29 is 0 Å². The average Bonchev–Trinajstić information content (AvgIpc) is 2.29. The number of nitrogen functional groups attached to an aromatic ring is 1. The minimum atomic E-state index is 0.801. The molecule has 0 aromatic heterocycles. The quantitative estimate of drug-likeness (QED) is 0.746. The molecule has 0 saturated carbocycles. The van der Waals surface area contributed by atoms with Crippen LogP contribution in [-0.4, -0.2) is 18.5 Å². The van der Waals surface area contributed by atoms with Crippen molar-refractivity contribution >= 4 is 5.69 Å². The van der Waals surface area contributed by atoms with Crippen LogP contribution in [0, 0.1) is 5.92 Å². The monoisotopic (exact) mass is 220 g/mol. The second-order valence-electron chi connectivity index (χ2n) is 4.58. The van der Waals surface area contributed by atoms with Gasteiger partial charge in [-0.2, -0.15) is 0 Å². The van der Waals surface area contributed by atoms with E-state index in [0.717, 1.165) is 24.7 Å². The average molecular weight is 220 g/mol. The molecule has 90 valence electrons. The van der Waals surface area contributed by atoms with Gasteiger partial charge in [-0.05, 0) is 24.6 Å². The van der Waals surface area contributed by atoms with Gasteiger partial charge in [-0.3, -0.25) is 0 Å². The molecule has 2 nitrogen and oxygen atoms in total. The summed E-state index contributed by atoms with van der Waals surface area (Å²) in [4.78, 5) is 2.36. The molecule has 2 N–H and O–H groups in total. The Labute approximate surface area is 99.5 Å². The zero-order valence-electron chi connectivity index (χ0n) is 10.7. The molecule has 0 saturated heterocycles. The van der Waals surface area contributed by atoms with Crippen molar-refractivity contribution in [2.75, 3.05) is 19.3 Å². The zero-order valence-corrected chi connectivity index (χ0v) is 10.7. The Hall–Kier alpha value is -1.02. The zero-order chi connectivity index (χ0) is 12.0. The molecule has 16 heavy (non-hydrogen) atoms. The molecule has 0 spiro atoms. The second-order valence-corrected chi connectivity index (χ2v) is 4.58. The molecular formula is C14H24N2. The summed E-state index contributed by atoms with van der Waals surface area (Å²) in [5, 5.41) is 0. The van der Waals surface area contributed by atoms with E-state index in [4.69, 9.17) is 5.73 Å². The first-order chi connectivity index (χ1) is 7.67. The van der Waals surface area contributed by atoms with Gasteiger partial charge >= 0.3 is 0 Å². The minimum Gasteiger partial charge on any atom is -0.398 e. The minimum absolute atomic E-state index is 0.801. The highest BCUT2D eigenvalue weighted by molar-refractivity contribution is 5.46. The predicted octanol–water partition coefficient (Wildman–Crippen LogP) is 3.14. The van der Waals surface area contributed by atoms with Crippen LogP contribution in [0.25, 0.3) is 0 Å². The first kappa shape index (κ1) is 13.0. The first-order valence-electron chi connectivity index (χ1n) is 6.19. The lowest BCUT2D eigenvalue weighted by Gasteiger charge is -2.22. The van der Waals surface area contributed by atoms with E-state index < -0.39 is 0 Å². The van der Waals surface area contributed by atoms with Crippen molar-refractivity contribution in [1.29, 1.82) is 0 Å². The Kier molecular flexibility index (Phi) is 5.33. The van der Waals surface area contributed by atoms with Crippen molar-refractivity contribution in [3.8, 4) is 0 Å². The molecule has 2 heteroatoms. The van der Waals surface area contributed by atoms with Crippen molar-refractivity contribution in [3.63, 3.8) is 0 Å².